The number of aromatic nitrogens is 4. The van der Waals surface area contributed by atoms with E-state index >= 15 is 0 Å². The maximum atomic E-state index is 6.59. The summed E-state index contributed by atoms with van der Waals surface area (Å²) in [5.74, 6) is 0. The molecule has 0 amide bonds. The number of rotatable bonds is 13. The topological polar surface area (TPSA) is 32.9 Å². The maximum absolute atomic E-state index is 6.59. The van der Waals surface area contributed by atoms with E-state index in [1.807, 2.05) is 12.2 Å². The van der Waals surface area contributed by atoms with Gasteiger partial charge in [0, 0.05) is 76.6 Å². The van der Waals surface area contributed by atoms with Crippen LogP contribution in [-0.2, 0) is 19.3 Å². The SMILES string of the molecule is C=CCc1ccc2c(c1)c1cc(CC=C)ccc1n2-c1ccc2oc3ccc(-c4ccc5c(c4)c4cc(C/C=C/c6cccc(-n7c8ccccc8c8cc(-c9ccc%10c(c9)c9ccccc9n%10-c9ccccc9)ccc87)c6)ccc4n5-c4ccccc4)cc3c2c1. The number of nitrogens with zero attached hydrogens (tertiary/aromatic N) is 4. The summed E-state index contributed by atoms with van der Waals surface area (Å²) in [7, 11) is 0. The van der Waals surface area contributed by atoms with Gasteiger partial charge in [-0.25, -0.2) is 0 Å². The van der Waals surface area contributed by atoms with Crippen LogP contribution in [0.2, 0.25) is 0 Å². The van der Waals surface area contributed by atoms with Gasteiger partial charge in [0.25, 0.3) is 0 Å². The van der Waals surface area contributed by atoms with Crippen molar-refractivity contribution in [2.75, 3.05) is 0 Å². The lowest BCUT2D eigenvalue weighted by molar-refractivity contribution is 0.669. The third kappa shape index (κ3) is 8.61. The van der Waals surface area contributed by atoms with Crippen molar-refractivity contribution in [3.05, 3.63) is 333 Å². The molecular weight excluding hydrogens is 1120 g/mol. The van der Waals surface area contributed by atoms with Gasteiger partial charge in [0.2, 0.25) is 0 Å². The van der Waals surface area contributed by atoms with Crippen molar-refractivity contribution in [3.8, 4) is 45.0 Å². The second kappa shape index (κ2) is 21.4. The minimum Gasteiger partial charge on any atom is -0.456 e. The largest absolute Gasteiger partial charge is 0.456 e. The van der Waals surface area contributed by atoms with Crippen molar-refractivity contribution in [2.24, 2.45) is 0 Å². The minimum atomic E-state index is 0.780. The van der Waals surface area contributed by atoms with Gasteiger partial charge in [-0.2, -0.15) is 0 Å². The quantitative estimate of drug-likeness (QED) is 0.106. The van der Waals surface area contributed by atoms with E-state index in [1.54, 1.807) is 0 Å². The zero-order valence-electron chi connectivity index (χ0n) is 50.6. The van der Waals surface area contributed by atoms with Crippen LogP contribution < -0.4 is 0 Å². The fourth-order valence-corrected chi connectivity index (χ4v) is 14.8. The van der Waals surface area contributed by atoms with Crippen molar-refractivity contribution >= 4 is 115 Å². The third-order valence-electron chi connectivity index (χ3n) is 19.0. The van der Waals surface area contributed by atoms with Gasteiger partial charge >= 0.3 is 0 Å². The van der Waals surface area contributed by atoms with E-state index in [0.717, 1.165) is 80.6 Å². The van der Waals surface area contributed by atoms with Gasteiger partial charge in [-0.15, -0.1) is 13.2 Å². The first kappa shape index (κ1) is 53.1. The molecule has 0 bridgehead atoms. The van der Waals surface area contributed by atoms with Crippen LogP contribution in [0.25, 0.3) is 160 Å². The fraction of sp³-hybridized carbons (Fsp3) is 0.0345. The Balaban J connectivity index is 0.673. The normalized spacial score (nSPS) is 12.1. The highest BCUT2D eigenvalue weighted by Gasteiger charge is 2.21. The standard InChI is InChI=1S/C87H60N4O/c1-3-17-56-31-39-81-70(48-56)71-49-57(18-4-2)32-40-82(71)91(81)67-38-46-87-77(55-67)76-54-63(37-45-86(76)92-87)62-36-44-85-75(53-62)72-50-59(33-41-80(72)89(85)65-24-9-6-10-25-65)20-15-19-58-21-16-26-66(47-58)90-79-30-14-12-28-69(79)74-52-61(35-43-84(74)90)60-34-42-83-73(51-60)68-27-11-13-29-78(68)88(83)64-22-7-5-8-23-64/h3-16,19,21-55H,1-2,17-18,20H2/b19-15+. The molecule has 5 heterocycles. The van der Waals surface area contributed by atoms with Gasteiger partial charge in [0.1, 0.15) is 11.2 Å². The lowest BCUT2D eigenvalue weighted by Gasteiger charge is -2.10. The summed E-state index contributed by atoms with van der Waals surface area (Å²) in [5, 5.41) is 12.1. The third-order valence-corrected chi connectivity index (χ3v) is 19.0. The molecule has 0 saturated heterocycles. The van der Waals surface area contributed by atoms with E-state index in [0.29, 0.717) is 0 Å². The van der Waals surface area contributed by atoms with Crippen LogP contribution >= 0.6 is 0 Å². The van der Waals surface area contributed by atoms with Crippen molar-refractivity contribution in [2.45, 2.75) is 19.3 Å². The fourth-order valence-electron chi connectivity index (χ4n) is 14.8. The number of fused-ring (bicyclic) bond motifs is 15. The van der Waals surface area contributed by atoms with Crippen molar-refractivity contribution in [1.29, 1.82) is 0 Å². The van der Waals surface area contributed by atoms with Crippen LogP contribution in [0.1, 0.15) is 22.3 Å². The summed E-state index contributed by atoms with van der Waals surface area (Å²) in [4.78, 5) is 0. The number of hydrogen-bond donors (Lipinski definition) is 0. The Hall–Kier alpha value is -11.9. The van der Waals surface area contributed by atoms with Gasteiger partial charge in [-0.05, 0) is 215 Å². The average Bonchev–Trinajstić information content (AvgIpc) is 1.71. The number of allylic oxidation sites excluding steroid dienone is 3. The highest BCUT2D eigenvalue weighted by atomic mass is 16.3. The summed E-state index contributed by atoms with van der Waals surface area (Å²) in [5.41, 5.74) is 25.3. The summed E-state index contributed by atoms with van der Waals surface area (Å²) in [6.07, 6.45) is 11.0. The first-order valence-corrected chi connectivity index (χ1v) is 31.8. The molecular formula is C87H60N4O. The molecule has 0 aliphatic heterocycles. The molecule has 0 radical (unpaired) electrons. The molecule has 0 aliphatic rings. The van der Waals surface area contributed by atoms with E-state index in [1.165, 1.54) is 115 Å². The van der Waals surface area contributed by atoms with Gasteiger partial charge < -0.3 is 22.7 Å². The summed E-state index contributed by atoms with van der Waals surface area (Å²) >= 11 is 0. The molecule has 434 valence electrons. The molecule has 5 heteroatoms. The second-order valence-corrected chi connectivity index (χ2v) is 24.5. The lowest BCUT2D eigenvalue weighted by Crippen LogP contribution is -1.94. The molecule has 18 aromatic rings. The molecule has 0 saturated carbocycles. The Kier molecular flexibility index (Phi) is 12.4. The monoisotopic (exact) mass is 1180 g/mol. The van der Waals surface area contributed by atoms with Gasteiger partial charge in [-0.1, -0.05) is 152 Å². The molecule has 92 heavy (non-hydrogen) atoms. The summed E-state index contributed by atoms with van der Waals surface area (Å²) in [6.45, 7) is 8.05. The Morgan fingerprint density at radius 1 is 0.261 bits per heavy atom. The first-order chi connectivity index (χ1) is 45.5. The lowest BCUT2D eigenvalue weighted by atomic mass is 10.00. The molecule has 0 aliphatic carbocycles. The van der Waals surface area contributed by atoms with E-state index in [-0.39, 0.29) is 0 Å². The van der Waals surface area contributed by atoms with Crippen LogP contribution in [0.3, 0.4) is 0 Å². The molecule has 5 aromatic heterocycles. The van der Waals surface area contributed by atoms with Crippen LogP contribution in [0.5, 0.6) is 0 Å². The Morgan fingerprint density at radius 3 is 1.12 bits per heavy atom. The minimum absolute atomic E-state index is 0.780. The molecule has 0 fully saturated rings. The maximum Gasteiger partial charge on any atom is 0.135 e. The van der Waals surface area contributed by atoms with Gasteiger partial charge in [0.15, 0.2) is 0 Å². The smallest absolute Gasteiger partial charge is 0.135 e. The molecule has 0 atom stereocenters. The van der Waals surface area contributed by atoms with E-state index in [9.17, 15) is 0 Å². The highest BCUT2D eigenvalue weighted by molar-refractivity contribution is 6.15. The second-order valence-electron chi connectivity index (χ2n) is 24.5. The average molecular weight is 1180 g/mol. The molecule has 5 nitrogen and oxygen atoms in total. The van der Waals surface area contributed by atoms with E-state index in [2.05, 4.69) is 323 Å². The molecule has 0 unspecified atom stereocenters. The highest BCUT2D eigenvalue weighted by Crippen LogP contribution is 2.42. The number of hydrogen-bond acceptors (Lipinski definition) is 1. The Bertz CT molecular complexity index is 6010. The van der Waals surface area contributed by atoms with Crippen molar-refractivity contribution < 1.29 is 4.42 Å². The van der Waals surface area contributed by atoms with Crippen molar-refractivity contribution in [1.82, 2.24) is 18.3 Å². The predicted octanol–water partition coefficient (Wildman–Crippen LogP) is 23.0. The van der Waals surface area contributed by atoms with Gasteiger partial charge in [-0.3, -0.25) is 0 Å². The van der Waals surface area contributed by atoms with Crippen LogP contribution in [0, 0.1) is 0 Å². The number of benzene rings is 13. The van der Waals surface area contributed by atoms with Crippen LogP contribution in [-0.4, -0.2) is 18.3 Å². The molecule has 0 spiro atoms. The molecule has 0 N–H and O–H groups in total. The number of furan rings is 1. The van der Waals surface area contributed by atoms with E-state index in [4.69, 9.17) is 4.42 Å². The summed E-state index contributed by atoms with van der Waals surface area (Å²) in [6, 6.07) is 103. The van der Waals surface area contributed by atoms with E-state index < -0.39 is 0 Å². The van der Waals surface area contributed by atoms with Crippen LogP contribution in [0.4, 0.5) is 0 Å². The van der Waals surface area contributed by atoms with Crippen LogP contribution in [0.15, 0.2) is 315 Å². The predicted molar refractivity (Wildman–Crippen MR) is 389 cm³/mol. The van der Waals surface area contributed by atoms with Crippen molar-refractivity contribution in [3.63, 3.8) is 0 Å². The molecule has 13 aromatic carbocycles. The van der Waals surface area contributed by atoms with Gasteiger partial charge in [0.05, 0.1) is 44.1 Å². The Labute approximate surface area is 531 Å². The zero-order chi connectivity index (χ0) is 61.0. The molecule has 18 rings (SSSR count). The number of para-hydroxylation sites is 4. The first-order valence-electron chi connectivity index (χ1n) is 31.8. The Morgan fingerprint density at radius 2 is 0.620 bits per heavy atom. The zero-order valence-corrected chi connectivity index (χ0v) is 50.6. The summed E-state index contributed by atoms with van der Waals surface area (Å²) < 4.78 is 16.2.